The highest BCUT2D eigenvalue weighted by atomic mass is 32.2. The van der Waals surface area contributed by atoms with Gasteiger partial charge in [-0.3, -0.25) is 9.69 Å². The summed E-state index contributed by atoms with van der Waals surface area (Å²) < 4.78 is 11.1. The van der Waals surface area contributed by atoms with Crippen molar-refractivity contribution in [1.82, 2.24) is 9.80 Å². The van der Waals surface area contributed by atoms with E-state index < -0.39 is 29.7 Å². The first-order valence-corrected chi connectivity index (χ1v) is 12.9. The van der Waals surface area contributed by atoms with E-state index in [0.717, 1.165) is 16.9 Å². The first-order chi connectivity index (χ1) is 16.7. The smallest absolute Gasteiger partial charge is 0.411 e. The molecule has 0 N–H and O–H groups in total. The van der Waals surface area contributed by atoms with Gasteiger partial charge in [0.2, 0.25) is 5.91 Å². The molecule has 3 fully saturated rings. The number of carbonyl (C=O) groups is 3. The van der Waals surface area contributed by atoms with E-state index in [0.29, 0.717) is 6.42 Å². The van der Waals surface area contributed by atoms with Gasteiger partial charge >= 0.3 is 12.1 Å². The van der Waals surface area contributed by atoms with Gasteiger partial charge in [0.25, 0.3) is 0 Å². The van der Waals surface area contributed by atoms with E-state index in [1.165, 1.54) is 0 Å². The molecule has 0 saturated carbocycles. The van der Waals surface area contributed by atoms with Crippen molar-refractivity contribution >= 4 is 29.7 Å². The van der Waals surface area contributed by atoms with Gasteiger partial charge in [-0.2, -0.15) is 0 Å². The van der Waals surface area contributed by atoms with Crippen molar-refractivity contribution in [2.45, 2.75) is 73.5 Å². The molecule has 8 heteroatoms. The molecule has 7 nitrogen and oxygen atoms in total. The van der Waals surface area contributed by atoms with Crippen molar-refractivity contribution in [3.05, 3.63) is 66.2 Å². The Morgan fingerprint density at radius 3 is 2.29 bits per heavy atom. The second kappa shape index (κ2) is 9.22. The van der Waals surface area contributed by atoms with Crippen LogP contribution in [0.3, 0.4) is 0 Å². The number of fused-ring (bicyclic) bond motifs is 1. The lowest BCUT2D eigenvalue weighted by atomic mass is 9.80. The maximum absolute atomic E-state index is 13.6. The summed E-state index contributed by atoms with van der Waals surface area (Å²) in [6, 6.07) is 17.6. The van der Waals surface area contributed by atoms with Crippen LogP contribution in [0.25, 0.3) is 0 Å². The summed E-state index contributed by atoms with van der Waals surface area (Å²) in [4.78, 5) is 44.1. The highest BCUT2D eigenvalue weighted by Gasteiger charge is 2.62. The lowest BCUT2D eigenvalue weighted by Gasteiger charge is -2.57. The summed E-state index contributed by atoms with van der Waals surface area (Å²) in [7, 11) is 0. The van der Waals surface area contributed by atoms with Gasteiger partial charge in [0.1, 0.15) is 24.3 Å². The molecular formula is C27H30N2O5S. The molecule has 0 aromatic heterocycles. The Bertz CT molecular complexity index is 1100. The monoisotopic (exact) mass is 494 g/mol. The number of nitrogens with zero attached hydrogens (tertiary/aromatic N) is 2. The molecule has 5 atom stereocenters. The maximum atomic E-state index is 13.6. The Balaban J connectivity index is 1.42. The van der Waals surface area contributed by atoms with E-state index in [1.807, 2.05) is 81.4 Å². The van der Waals surface area contributed by atoms with Gasteiger partial charge in [-0.1, -0.05) is 48.5 Å². The fourth-order valence-electron chi connectivity index (χ4n) is 5.26. The number of carbonyl (C=O) groups excluding carboxylic acids is 3. The summed E-state index contributed by atoms with van der Waals surface area (Å²) >= 11 is 1.60. The Morgan fingerprint density at radius 1 is 0.971 bits per heavy atom. The zero-order valence-corrected chi connectivity index (χ0v) is 20.9. The van der Waals surface area contributed by atoms with E-state index in [9.17, 15) is 14.4 Å². The average Bonchev–Trinajstić information content (AvgIpc) is 3.19. The van der Waals surface area contributed by atoms with Gasteiger partial charge in [-0.05, 0) is 51.3 Å². The molecule has 2 aromatic carbocycles. The Hall–Kier alpha value is -3.00. The molecule has 0 spiro atoms. The lowest BCUT2D eigenvalue weighted by Crippen LogP contribution is -2.77. The molecular weight excluding hydrogens is 464 g/mol. The second-order valence-corrected chi connectivity index (χ2v) is 11.5. The first kappa shape index (κ1) is 23.7. The molecule has 5 rings (SSSR count). The van der Waals surface area contributed by atoms with Crippen LogP contribution in [0.1, 0.15) is 45.2 Å². The third-order valence-corrected chi connectivity index (χ3v) is 8.04. The fourth-order valence-corrected chi connectivity index (χ4v) is 6.55. The van der Waals surface area contributed by atoms with Crippen molar-refractivity contribution in [2.24, 2.45) is 0 Å². The van der Waals surface area contributed by atoms with Gasteiger partial charge in [0.05, 0.1) is 12.1 Å². The molecule has 0 aliphatic carbocycles. The van der Waals surface area contributed by atoms with E-state index >= 15 is 0 Å². The zero-order chi connectivity index (χ0) is 24.7. The molecule has 0 unspecified atom stereocenters. The Labute approximate surface area is 209 Å². The predicted octanol–water partition coefficient (Wildman–Crippen LogP) is 4.42. The molecule has 184 valence electrons. The Kier molecular flexibility index (Phi) is 6.25. The molecule has 0 bridgehead atoms. The average molecular weight is 495 g/mol. The molecule has 3 aliphatic heterocycles. The normalized spacial score (nSPS) is 28.3. The minimum Gasteiger partial charge on any atom is -0.458 e. The van der Waals surface area contributed by atoms with Crippen molar-refractivity contribution in [3.8, 4) is 0 Å². The fraction of sp³-hybridized carbons (Fsp3) is 0.444. The minimum absolute atomic E-state index is 0.135. The minimum atomic E-state index is -0.712. The number of piperidine rings is 1. The number of cyclic esters (lactones) is 1. The summed E-state index contributed by atoms with van der Waals surface area (Å²) in [6.45, 7) is 5.70. The van der Waals surface area contributed by atoms with Crippen LogP contribution in [0.4, 0.5) is 4.79 Å². The SMILES string of the molecule is CC(C)(C)OC(=O)[C@H]1[C@H](Sc2ccccc2)CC[C@@H]2[C@H](N3C(=O)OC[C@@H]3c3ccccc3)C(=O)N21. The standard InChI is InChI=1S/C27H30N2O5S/c1-27(2,3)34-25(31)23-21(35-18-12-8-5-9-13-18)15-14-19-22(24(30)28(19)23)29-20(16-33-26(29)32)17-10-6-4-7-11-17/h4-13,19-23H,14-16H2,1-3H3/t19-,20-,21-,22+,23-/m1/s1. The molecule has 3 heterocycles. The van der Waals surface area contributed by atoms with Crippen LogP contribution in [0.5, 0.6) is 0 Å². The van der Waals surface area contributed by atoms with Crippen molar-refractivity contribution in [2.75, 3.05) is 6.61 Å². The molecule has 35 heavy (non-hydrogen) atoms. The molecule has 2 aromatic rings. The first-order valence-electron chi connectivity index (χ1n) is 12.0. The summed E-state index contributed by atoms with van der Waals surface area (Å²) in [5, 5.41) is -0.135. The van der Waals surface area contributed by atoms with Crippen molar-refractivity contribution in [1.29, 1.82) is 0 Å². The van der Waals surface area contributed by atoms with Gasteiger partial charge in [0.15, 0.2) is 0 Å². The van der Waals surface area contributed by atoms with Gasteiger partial charge in [0, 0.05) is 10.1 Å². The van der Waals surface area contributed by atoms with Crippen LogP contribution in [0.2, 0.25) is 0 Å². The second-order valence-electron chi connectivity index (χ2n) is 10.2. The van der Waals surface area contributed by atoms with Crippen molar-refractivity contribution < 1.29 is 23.9 Å². The third-order valence-electron chi connectivity index (χ3n) is 6.70. The number of ether oxygens (including phenoxy) is 2. The number of hydrogen-bond acceptors (Lipinski definition) is 6. The zero-order valence-electron chi connectivity index (χ0n) is 20.1. The van der Waals surface area contributed by atoms with Gasteiger partial charge < -0.3 is 14.4 Å². The van der Waals surface area contributed by atoms with Crippen LogP contribution in [-0.2, 0) is 19.1 Å². The quantitative estimate of drug-likeness (QED) is 0.452. The van der Waals surface area contributed by atoms with Gasteiger partial charge in [-0.15, -0.1) is 11.8 Å². The number of esters is 1. The number of β-lactam (4-membered cyclic amide) rings is 1. The van der Waals surface area contributed by atoms with E-state index in [1.54, 1.807) is 21.6 Å². The highest BCUT2D eigenvalue weighted by molar-refractivity contribution is 8.00. The highest BCUT2D eigenvalue weighted by Crippen LogP contribution is 2.46. The van der Waals surface area contributed by atoms with E-state index in [4.69, 9.17) is 9.47 Å². The third kappa shape index (κ3) is 4.51. The number of hydrogen-bond donors (Lipinski definition) is 0. The lowest BCUT2D eigenvalue weighted by molar-refractivity contribution is -0.183. The van der Waals surface area contributed by atoms with E-state index in [-0.39, 0.29) is 29.8 Å². The molecule has 2 amide bonds. The molecule has 0 radical (unpaired) electrons. The van der Waals surface area contributed by atoms with Crippen LogP contribution < -0.4 is 0 Å². The van der Waals surface area contributed by atoms with Gasteiger partial charge in [-0.25, -0.2) is 9.59 Å². The topological polar surface area (TPSA) is 76.1 Å². The van der Waals surface area contributed by atoms with Crippen LogP contribution in [0.15, 0.2) is 65.6 Å². The van der Waals surface area contributed by atoms with Crippen LogP contribution in [-0.4, -0.2) is 63.4 Å². The summed E-state index contributed by atoms with van der Waals surface area (Å²) in [5.41, 5.74) is 0.262. The number of amides is 2. The van der Waals surface area contributed by atoms with Crippen molar-refractivity contribution in [3.63, 3.8) is 0 Å². The molecule has 3 aliphatic rings. The van der Waals surface area contributed by atoms with Crippen LogP contribution in [0, 0.1) is 0 Å². The maximum Gasteiger partial charge on any atom is 0.411 e. The number of benzene rings is 2. The number of rotatable bonds is 5. The Morgan fingerprint density at radius 2 is 1.63 bits per heavy atom. The predicted molar refractivity (Wildman–Crippen MR) is 132 cm³/mol. The largest absolute Gasteiger partial charge is 0.458 e. The molecule has 3 saturated heterocycles. The van der Waals surface area contributed by atoms with Crippen LogP contribution >= 0.6 is 11.8 Å². The van der Waals surface area contributed by atoms with E-state index in [2.05, 4.69) is 0 Å². The number of thioether (sulfide) groups is 1. The summed E-state index contributed by atoms with van der Waals surface area (Å²) in [6.07, 6.45) is 0.949. The summed E-state index contributed by atoms with van der Waals surface area (Å²) in [5.74, 6) is -0.616.